The van der Waals surface area contributed by atoms with Crippen molar-refractivity contribution in [2.24, 2.45) is 0 Å². The second-order valence-electron chi connectivity index (χ2n) is 5.96. The molecule has 0 aliphatic carbocycles. The van der Waals surface area contributed by atoms with Gasteiger partial charge in [-0.3, -0.25) is 4.98 Å². The van der Waals surface area contributed by atoms with E-state index in [9.17, 15) is 0 Å². The molecule has 28 heavy (non-hydrogen) atoms. The third-order valence-corrected chi connectivity index (χ3v) is 7.89. The summed E-state index contributed by atoms with van der Waals surface area (Å²) in [4.78, 5) is 19.0. The molecular weight excluding hydrogens is 430 g/mol. The highest BCUT2D eigenvalue weighted by atomic mass is 35.5. The summed E-state index contributed by atoms with van der Waals surface area (Å²) >= 11 is 11.4. The van der Waals surface area contributed by atoms with Crippen LogP contribution in [0.2, 0.25) is 5.02 Å². The zero-order chi connectivity index (χ0) is 19.7. The number of nitrogens with one attached hydrogen (secondary N) is 1. The van der Waals surface area contributed by atoms with Gasteiger partial charge in [-0.25, -0.2) is 15.0 Å². The summed E-state index contributed by atoms with van der Waals surface area (Å²) in [6.45, 7) is 4.15. The van der Waals surface area contributed by atoms with Crippen LogP contribution in [0.4, 0.5) is 11.6 Å². The first-order chi connectivity index (χ1) is 13.6. The minimum Gasteiger partial charge on any atom is -0.322 e. The number of hydrogen-bond acceptors (Lipinski definition) is 8. The van der Waals surface area contributed by atoms with Gasteiger partial charge in [-0.05, 0) is 37.8 Å². The second-order valence-corrected chi connectivity index (χ2v) is 9.32. The van der Waals surface area contributed by atoms with Crippen molar-refractivity contribution in [2.45, 2.75) is 18.1 Å². The summed E-state index contributed by atoms with van der Waals surface area (Å²) in [5.74, 6) is 0.483. The molecule has 0 bridgehead atoms. The Labute approximate surface area is 180 Å². The lowest BCUT2D eigenvalue weighted by atomic mass is 10.1. The molecule has 4 aromatic rings. The van der Waals surface area contributed by atoms with E-state index in [2.05, 4.69) is 38.8 Å². The maximum atomic E-state index is 6.21. The Morgan fingerprint density at radius 3 is 2.71 bits per heavy atom. The fourth-order valence-corrected chi connectivity index (χ4v) is 5.93. The molecule has 0 radical (unpaired) electrons. The molecule has 0 aliphatic rings. The number of nitrogens with zero attached hydrogens (tertiary/aromatic N) is 4. The van der Waals surface area contributed by atoms with Crippen LogP contribution < -0.4 is 5.32 Å². The Hall–Kier alpha value is -2.00. The first kappa shape index (κ1) is 19.3. The van der Waals surface area contributed by atoms with Gasteiger partial charge in [0.05, 0.1) is 31.7 Å². The molecular formula is C19H16ClN5S3. The molecule has 1 N–H and O–H groups in total. The molecule has 0 amide bonds. The van der Waals surface area contributed by atoms with E-state index in [4.69, 9.17) is 16.6 Å². The predicted octanol–water partition coefficient (Wildman–Crippen LogP) is 6.46. The highest BCUT2D eigenvalue weighted by Gasteiger charge is 2.20. The van der Waals surface area contributed by atoms with Gasteiger partial charge in [0.15, 0.2) is 0 Å². The lowest BCUT2D eigenvalue weighted by molar-refractivity contribution is 1.16. The second kappa shape index (κ2) is 8.16. The molecule has 0 atom stereocenters. The van der Waals surface area contributed by atoms with Crippen molar-refractivity contribution in [3.05, 3.63) is 52.4 Å². The standard InChI is InChI=1S/C19H16ClN5S3/c1-10-9-27-17(23-10)16-11(2)15(18(26-3)28-16)13-5-7-22-19(24-13)25-14-8-21-6-4-12(14)20/h4-9H,1-3H3,(H,22,24,25). The lowest BCUT2D eigenvalue weighted by Crippen LogP contribution is -1.99. The van der Waals surface area contributed by atoms with Gasteiger partial charge in [-0.1, -0.05) is 11.6 Å². The van der Waals surface area contributed by atoms with Gasteiger partial charge >= 0.3 is 0 Å². The molecule has 0 saturated heterocycles. The molecule has 0 fully saturated rings. The number of hydrogen-bond donors (Lipinski definition) is 1. The highest BCUT2D eigenvalue weighted by molar-refractivity contribution is 8.00. The van der Waals surface area contributed by atoms with E-state index in [1.807, 2.05) is 13.0 Å². The Morgan fingerprint density at radius 1 is 1.14 bits per heavy atom. The van der Waals surface area contributed by atoms with Crippen molar-refractivity contribution in [2.75, 3.05) is 11.6 Å². The van der Waals surface area contributed by atoms with Gasteiger partial charge in [0.2, 0.25) is 5.95 Å². The molecule has 142 valence electrons. The number of aryl methyl sites for hydroxylation is 1. The quantitative estimate of drug-likeness (QED) is 0.355. The summed E-state index contributed by atoms with van der Waals surface area (Å²) in [5.41, 5.74) is 4.90. The Kier molecular flexibility index (Phi) is 5.63. The van der Waals surface area contributed by atoms with Crippen LogP contribution in [0.25, 0.3) is 21.1 Å². The number of thiophene rings is 1. The van der Waals surface area contributed by atoms with Crippen molar-refractivity contribution in [1.29, 1.82) is 0 Å². The first-order valence-corrected chi connectivity index (χ1v) is 11.7. The van der Waals surface area contributed by atoms with Gasteiger partial charge in [-0.15, -0.1) is 34.4 Å². The predicted molar refractivity (Wildman–Crippen MR) is 120 cm³/mol. The van der Waals surface area contributed by atoms with E-state index >= 15 is 0 Å². The topological polar surface area (TPSA) is 63.6 Å². The van der Waals surface area contributed by atoms with E-state index in [0.29, 0.717) is 16.7 Å². The molecule has 0 unspecified atom stereocenters. The van der Waals surface area contributed by atoms with Crippen LogP contribution in [-0.4, -0.2) is 26.2 Å². The third kappa shape index (κ3) is 3.77. The first-order valence-electron chi connectivity index (χ1n) is 8.36. The molecule has 0 aromatic carbocycles. The average molecular weight is 446 g/mol. The third-order valence-electron chi connectivity index (χ3n) is 4.04. The van der Waals surface area contributed by atoms with E-state index in [1.54, 1.807) is 59.1 Å². The van der Waals surface area contributed by atoms with Crippen molar-refractivity contribution >= 4 is 57.7 Å². The largest absolute Gasteiger partial charge is 0.322 e. The zero-order valence-corrected chi connectivity index (χ0v) is 18.6. The Morgan fingerprint density at radius 2 is 2.00 bits per heavy atom. The Bertz CT molecular complexity index is 1140. The maximum Gasteiger partial charge on any atom is 0.227 e. The van der Waals surface area contributed by atoms with Crippen LogP contribution in [0.3, 0.4) is 0 Å². The molecule has 4 rings (SSSR count). The fraction of sp³-hybridized carbons (Fsp3) is 0.158. The summed E-state index contributed by atoms with van der Waals surface area (Å²) in [5, 5.41) is 6.85. The summed E-state index contributed by atoms with van der Waals surface area (Å²) in [7, 11) is 0. The van der Waals surface area contributed by atoms with Gasteiger partial charge in [0, 0.05) is 29.0 Å². The van der Waals surface area contributed by atoms with E-state index < -0.39 is 0 Å². The number of aromatic nitrogens is 4. The molecule has 5 nitrogen and oxygen atoms in total. The number of thioether (sulfide) groups is 1. The molecule has 0 aliphatic heterocycles. The zero-order valence-electron chi connectivity index (χ0n) is 15.4. The van der Waals surface area contributed by atoms with Gasteiger partial charge in [0.25, 0.3) is 0 Å². The van der Waals surface area contributed by atoms with E-state index in [-0.39, 0.29) is 0 Å². The van der Waals surface area contributed by atoms with Gasteiger partial charge in [0.1, 0.15) is 5.01 Å². The maximum absolute atomic E-state index is 6.21. The van der Waals surface area contributed by atoms with Crippen LogP contribution in [-0.2, 0) is 0 Å². The fourth-order valence-electron chi connectivity index (χ4n) is 2.74. The van der Waals surface area contributed by atoms with Crippen LogP contribution in [0.15, 0.2) is 40.3 Å². The van der Waals surface area contributed by atoms with E-state index in [1.165, 1.54) is 14.6 Å². The minimum atomic E-state index is 0.483. The average Bonchev–Trinajstić information content (AvgIpc) is 3.26. The van der Waals surface area contributed by atoms with Crippen molar-refractivity contribution < 1.29 is 0 Å². The smallest absolute Gasteiger partial charge is 0.227 e. The number of halogens is 1. The monoisotopic (exact) mass is 445 g/mol. The molecule has 9 heteroatoms. The molecule has 4 aromatic heterocycles. The minimum absolute atomic E-state index is 0.483. The Balaban J connectivity index is 1.75. The van der Waals surface area contributed by atoms with Gasteiger partial charge < -0.3 is 5.32 Å². The van der Waals surface area contributed by atoms with Crippen molar-refractivity contribution in [1.82, 2.24) is 19.9 Å². The molecule has 0 saturated carbocycles. The molecule has 4 heterocycles. The summed E-state index contributed by atoms with van der Waals surface area (Å²) in [6, 6.07) is 3.66. The van der Waals surface area contributed by atoms with Crippen molar-refractivity contribution in [3.63, 3.8) is 0 Å². The van der Waals surface area contributed by atoms with Crippen LogP contribution in [0.5, 0.6) is 0 Å². The number of thiazole rings is 1. The SMILES string of the molecule is CSc1sc(-c2nc(C)cs2)c(C)c1-c1ccnc(Nc2cnccc2Cl)n1. The normalized spacial score (nSPS) is 11.0. The van der Waals surface area contributed by atoms with Crippen LogP contribution in [0, 0.1) is 13.8 Å². The number of anilines is 2. The number of rotatable bonds is 5. The van der Waals surface area contributed by atoms with Gasteiger partial charge in [-0.2, -0.15) is 0 Å². The van der Waals surface area contributed by atoms with Crippen LogP contribution >= 0.6 is 46.0 Å². The van der Waals surface area contributed by atoms with E-state index in [0.717, 1.165) is 22.0 Å². The molecule has 0 spiro atoms. The lowest BCUT2D eigenvalue weighted by Gasteiger charge is -2.08. The summed E-state index contributed by atoms with van der Waals surface area (Å²) in [6.07, 6.45) is 7.14. The highest BCUT2D eigenvalue weighted by Crippen LogP contribution is 2.46. The van der Waals surface area contributed by atoms with Crippen LogP contribution in [0.1, 0.15) is 11.3 Å². The number of pyridine rings is 1. The summed E-state index contributed by atoms with van der Waals surface area (Å²) < 4.78 is 1.21. The van der Waals surface area contributed by atoms with Crippen molar-refractivity contribution in [3.8, 4) is 21.1 Å².